The van der Waals surface area contributed by atoms with E-state index in [1.807, 2.05) is 19.1 Å². The van der Waals surface area contributed by atoms with Crippen molar-refractivity contribution in [2.24, 2.45) is 0 Å². The summed E-state index contributed by atoms with van der Waals surface area (Å²) in [5.41, 5.74) is 1.82. The Kier molecular flexibility index (Phi) is 3.99. The fraction of sp³-hybridized carbons (Fsp3) is 0.214. The van der Waals surface area contributed by atoms with Gasteiger partial charge in [-0.3, -0.25) is 4.98 Å². The molecule has 0 radical (unpaired) electrons. The van der Waals surface area contributed by atoms with Gasteiger partial charge in [-0.05, 0) is 42.3 Å². The average Bonchev–Trinajstić information content (AvgIpc) is 2.41. The van der Waals surface area contributed by atoms with Crippen molar-refractivity contribution < 1.29 is 8.78 Å². The number of benzene rings is 1. The summed E-state index contributed by atoms with van der Waals surface area (Å²) < 4.78 is 25.8. The van der Waals surface area contributed by atoms with E-state index in [0.717, 1.165) is 17.2 Å². The quantitative estimate of drug-likeness (QED) is 0.898. The Morgan fingerprint density at radius 1 is 1.11 bits per heavy atom. The molecule has 0 spiro atoms. The van der Waals surface area contributed by atoms with Crippen LogP contribution >= 0.6 is 0 Å². The molecule has 0 fully saturated rings. The highest BCUT2D eigenvalue weighted by Crippen LogP contribution is 2.13. The van der Waals surface area contributed by atoms with E-state index < -0.39 is 11.6 Å². The molecule has 1 aromatic heterocycles. The third-order valence-corrected chi connectivity index (χ3v) is 2.80. The summed E-state index contributed by atoms with van der Waals surface area (Å²) in [4.78, 5) is 3.95. The van der Waals surface area contributed by atoms with Crippen molar-refractivity contribution in [2.45, 2.75) is 19.5 Å². The third-order valence-electron chi connectivity index (χ3n) is 2.80. The third kappa shape index (κ3) is 3.11. The first kappa shape index (κ1) is 12.6. The van der Waals surface area contributed by atoms with Crippen LogP contribution in [0.1, 0.15) is 24.1 Å². The summed E-state index contributed by atoms with van der Waals surface area (Å²) in [6.07, 6.45) is 3.45. The Balaban J connectivity index is 1.97. The van der Waals surface area contributed by atoms with Gasteiger partial charge in [0.1, 0.15) is 0 Å². The van der Waals surface area contributed by atoms with Gasteiger partial charge in [-0.1, -0.05) is 6.07 Å². The second-order valence-corrected chi connectivity index (χ2v) is 4.13. The van der Waals surface area contributed by atoms with E-state index in [-0.39, 0.29) is 6.04 Å². The Bertz CT molecular complexity index is 514. The second-order valence-electron chi connectivity index (χ2n) is 4.13. The highest BCUT2D eigenvalue weighted by atomic mass is 19.2. The van der Waals surface area contributed by atoms with Crippen molar-refractivity contribution in [1.29, 1.82) is 0 Å². The fourth-order valence-electron chi connectivity index (χ4n) is 1.69. The number of rotatable bonds is 4. The molecule has 94 valence electrons. The van der Waals surface area contributed by atoms with E-state index in [9.17, 15) is 8.78 Å². The summed E-state index contributed by atoms with van der Waals surface area (Å²) in [5, 5.41) is 3.24. The molecule has 0 unspecified atom stereocenters. The molecule has 0 aliphatic heterocycles. The normalized spacial score (nSPS) is 12.4. The Morgan fingerprint density at radius 3 is 2.50 bits per heavy atom. The zero-order valence-electron chi connectivity index (χ0n) is 10.0. The van der Waals surface area contributed by atoms with Crippen LogP contribution in [0.5, 0.6) is 0 Å². The van der Waals surface area contributed by atoms with E-state index in [0.29, 0.717) is 6.54 Å². The van der Waals surface area contributed by atoms with Crippen LogP contribution in [-0.4, -0.2) is 4.98 Å². The van der Waals surface area contributed by atoms with Crippen molar-refractivity contribution in [1.82, 2.24) is 10.3 Å². The van der Waals surface area contributed by atoms with Gasteiger partial charge >= 0.3 is 0 Å². The van der Waals surface area contributed by atoms with Crippen molar-refractivity contribution in [3.63, 3.8) is 0 Å². The molecule has 0 aliphatic rings. The fourth-order valence-corrected chi connectivity index (χ4v) is 1.69. The van der Waals surface area contributed by atoms with E-state index in [2.05, 4.69) is 10.3 Å². The number of nitrogens with zero attached hydrogens (tertiary/aromatic N) is 1. The molecule has 4 heteroatoms. The van der Waals surface area contributed by atoms with Gasteiger partial charge in [0.2, 0.25) is 0 Å². The minimum atomic E-state index is -0.819. The Morgan fingerprint density at radius 2 is 1.83 bits per heavy atom. The van der Waals surface area contributed by atoms with Crippen LogP contribution in [0.3, 0.4) is 0 Å². The van der Waals surface area contributed by atoms with Crippen LogP contribution in [0, 0.1) is 11.6 Å². The lowest BCUT2D eigenvalue weighted by Crippen LogP contribution is -2.18. The molecule has 1 heterocycles. The predicted octanol–water partition coefficient (Wildman–Crippen LogP) is 3.21. The summed E-state index contributed by atoms with van der Waals surface area (Å²) in [6.45, 7) is 2.50. The first-order valence-electron chi connectivity index (χ1n) is 5.74. The number of aromatic nitrogens is 1. The molecule has 0 aliphatic carbocycles. The van der Waals surface area contributed by atoms with Crippen LogP contribution < -0.4 is 5.32 Å². The highest BCUT2D eigenvalue weighted by Gasteiger charge is 2.06. The van der Waals surface area contributed by atoms with Crippen molar-refractivity contribution in [3.05, 3.63) is 65.5 Å². The standard InChI is InChI=1S/C14H14F2N2/c1-10(12-4-6-17-7-5-12)18-9-11-2-3-13(15)14(16)8-11/h2-8,10,18H,9H2,1H3/t10-/m1/s1. The van der Waals surface area contributed by atoms with Crippen LogP contribution in [0.25, 0.3) is 0 Å². The van der Waals surface area contributed by atoms with E-state index in [4.69, 9.17) is 0 Å². The first-order valence-corrected chi connectivity index (χ1v) is 5.74. The number of halogens is 2. The van der Waals surface area contributed by atoms with Gasteiger partial charge in [0, 0.05) is 25.0 Å². The monoisotopic (exact) mass is 248 g/mol. The molecule has 0 saturated carbocycles. The van der Waals surface area contributed by atoms with Crippen LogP contribution in [0.15, 0.2) is 42.7 Å². The zero-order valence-corrected chi connectivity index (χ0v) is 10.0. The molecule has 0 saturated heterocycles. The van der Waals surface area contributed by atoms with Crippen LogP contribution in [-0.2, 0) is 6.54 Å². The molecular formula is C14H14F2N2. The average molecular weight is 248 g/mol. The lowest BCUT2D eigenvalue weighted by atomic mass is 10.1. The van der Waals surface area contributed by atoms with Gasteiger partial charge in [0.25, 0.3) is 0 Å². The van der Waals surface area contributed by atoms with Gasteiger partial charge in [-0.15, -0.1) is 0 Å². The minimum absolute atomic E-state index is 0.126. The molecule has 18 heavy (non-hydrogen) atoms. The molecule has 2 nitrogen and oxygen atoms in total. The molecule has 1 atom stereocenters. The van der Waals surface area contributed by atoms with Gasteiger partial charge in [0.15, 0.2) is 11.6 Å². The number of hydrogen-bond donors (Lipinski definition) is 1. The molecule has 1 N–H and O–H groups in total. The summed E-state index contributed by atoms with van der Waals surface area (Å²) in [7, 11) is 0. The van der Waals surface area contributed by atoms with Gasteiger partial charge in [-0.25, -0.2) is 8.78 Å². The maximum Gasteiger partial charge on any atom is 0.159 e. The van der Waals surface area contributed by atoms with E-state index in [1.165, 1.54) is 6.07 Å². The predicted molar refractivity (Wildman–Crippen MR) is 65.8 cm³/mol. The SMILES string of the molecule is C[C@@H](NCc1ccc(F)c(F)c1)c1ccncc1. The molecule has 2 aromatic rings. The highest BCUT2D eigenvalue weighted by molar-refractivity contribution is 5.19. The molecular weight excluding hydrogens is 234 g/mol. The van der Waals surface area contributed by atoms with E-state index in [1.54, 1.807) is 18.5 Å². The number of pyridine rings is 1. The van der Waals surface area contributed by atoms with Crippen molar-refractivity contribution >= 4 is 0 Å². The number of nitrogens with one attached hydrogen (secondary N) is 1. The van der Waals surface area contributed by atoms with Crippen LogP contribution in [0.2, 0.25) is 0 Å². The van der Waals surface area contributed by atoms with Crippen LogP contribution in [0.4, 0.5) is 8.78 Å². The summed E-state index contributed by atoms with van der Waals surface area (Å²) in [5.74, 6) is -1.63. The maximum absolute atomic E-state index is 13.0. The minimum Gasteiger partial charge on any atom is -0.306 e. The Labute approximate surface area is 105 Å². The second kappa shape index (κ2) is 5.69. The lowest BCUT2D eigenvalue weighted by molar-refractivity contribution is 0.504. The lowest BCUT2D eigenvalue weighted by Gasteiger charge is -2.14. The molecule has 0 amide bonds. The van der Waals surface area contributed by atoms with Gasteiger partial charge in [0.05, 0.1) is 0 Å². The topological polar surface area (TPSA) is 24.9 Å². The van der Waals surface area contributed by atoms with Crippen molar-refractivity contribution in [2.75, 3.05) is 0 Å². The van der Waals surface area contributed by atoms with Crippen molar-refractivity contribution in [3.8, 4) is 0 Å². The Hall–Kier alpha value is -1.81. The summed E-state index contributed by atoms with van der Waals surface area (Å²) in [6, 6.07) is 7.89. The molecule has 1 aromatic carbocycles. The molecule has 0 bridgehead atoms. The van der Waals surface area contributed by atoms with E-state index >= 15 is 0 Å². The maximum atomic E-state index is 13.0. The van der Waals surface area contributed by atoms with Gasteiger partial charge in [-0.2, -0.15) is 0 Å². The number of hydrogen-bond acceptors (Lipinski definition) is 2. The zero-order chi connectivity index (χ0) is 13.0. The smallest absolute Gasteiger partial charge is 0.159 e. The first-order chi connectivity index (χ1) is 8.66. The molecule has 2 rings (SSSR count). The largest absolute Gasteiger partial charge is 0.306 e. The van der Waals surface area contributed by atoms with Gasteiger partial charge < -0.3 is 5.32 Å². The summed E-state index contributed by atoms with van der Waals surface area (Å²) >= 11 is 0.